The second-order valence-corrected chi connectivity index (χ2v) is 6.68. The van der Waals surface area contributed by atoms with Gasteiger partial charge in [-0.05, 0) is 31.5 Å². The molecule has 1 aromatic carbocycles. The molecule has 0 unspecified atom stereocenters. The first kappa shape index (κ1) is 21.2. The predicted octanol–water partition coefficient (Wildman–Crippen LogP) is 4.23. The minimum Gasteiger partial charge on any atom is -0.320 e. The molecule has 0 bridgehead atoms. The number of thioether (sulfide) groups is 1. The van der Waals surface area contributed by atoms with Gasteiger partial charge in [-0.15, -0.1) is 0 Å². The summed E-state index contributed by atoms with van der Waals surface area (Å²) in [4.78, 5) is 26.5. The van der Waals surface area contributed by atoms with E-state index in [4.69, 9.17) is 5.26 Å². The number of anilines is 1. The van der Waals surface area contributed by atoms with Gasteiger partial charge in [-0.1, -0.05) is 17.8 Å². The number of carbonyl (C=O) groups is 1. The molecular formula is C17H13F3N4O3S. The zero-order valence-corrected chi connectivity index (χ0v) is 15.4. The van der Waals surface area contributed by atoms with Gasteiger partial charge in [0, 0.05) is 11.8 Å². The molecule has 2 aromatic rings. The summed E-state index contributed by atoms with van der Waals surface area (Å²) in [6.45, 7) is 3.00. The molecule has 0 aliphatic rings. The summed E-state index contributed by atoms with van der Waals surface area (Å²) in [5.41, 5.74) is -1.46. The van der Waals surface area contributed by atoms with Crippen molar-refractivity contribution in [2.24, 2.45) is 0 Å². The molecular weight excluding hydrogens is 397 g/mol. The van der Waals surface area contributed by atoms with Crippen LogP contribution in [0.5, 0.6) is 0 Å². The van der Waals surface area contributed by atoms with Crippen LogP contribution in [0.4, 0.5) is 24.5 Å². The normalized spacial score (nSPS) is 11.0. The number of carbonyl (C=O) groups excluding carboxylic acids is 1. The van der Waals surface area contributed by atoms with Crippen molar-refractivity contribution in [1.29, 1.82) is 5.26 Å². The SMILES string of the molecule is Cc1ccc(NC(=O)CSc2nc(C)cc(C(F)(F)F)c2C#N)c([N+](=O)[O-])c1. The third kappa shape index (κ3) is 4.98. The zero-order valence-electron chi connectivity index (χ0n) is 14.6. The molecule has 1 N–H and O–H groups in total. The minimum atomic E-state index is -4.74. The van der Waals surface area contributed by atoms with Crippen LogP contribution in [0.25, 0.3) is 0 Å². The van der Waals surface area contributed by atoms with Crippen LogP contribution < -0.4 is 5.32 Å². The number of amides is 1. The highest BCUT2D eigenvalue weighted by atomic mass is 32.2. The van der Waals surface area contributed by atoms with Crippen LogP contribution in [-0.4, -0.2) is 21.6 Å². The third-order valence-electron chi connectivity index (χ3n) is 3.50. The van der Waals surface area contributed by atoms with Gasteiger partial charge in [0.05, 0.1) is 21.8 Å². The lowest BCUT2D eigenvalue weighted by molar-refractivity contribution is -0.384. The summed E-state index contributed by atoms with van der Waals surface area (Å²) in [7, 11) is 0. The summed E-state index contributed by atoms with van der Waals surface area (Å²) in [5.74, 6) is -1.06. The molecule has 1 heterocycles. The van der Waals surface area contributed by atoms with Crippen LogP contribution in [0.2, 0.25) is 0 Å². The van der Waals surface area contributed by atoms with Crippen molar-refractivity contribution in [2.75, 3.05) is 11.1 Å². The fourth-order valence-electron chi connectivity index (χ4n) is 2.30. The van der Waals surface area contributed by atoms with E-state index in [1.165, 1.54) is 25.1 Å². The number of nitrogens with zero attached hydrogens (tertiary/aromatic N) is 3. The molecule has 0 aliphatic carbocycles. The van der Waals surface area contributed by atoms with Crippen molar-refractivity contribution in [3.8, 4) is 6.07 Å². The number of hydrogen-bond donors (Lipinski definition) is 1. The van der Waals surface area contributed by atoms with Gasteiger partial charge >= 0.3 is 6.18 Å². The lowest BCUT2D eigenvalue weighted by Gasteiger charge is -2.12. The molecule has 0 aliphatic heterocycles. The van der Waals surface area contributed by atoms with Gasteiger partial charge in [0.2, 0.25) is 5.91 Å². The van der Waals surface area contributed by atoms with Gasteiger partial charge in [0.25, 0.3) is 5.69 Å². The Labute approximate surface area is 161 Å². The lowest BCUT2D eigenvalue weighted by atomic mass is 10.1. The highest BCUT2D eigenvalue weighted by molar-refractivity contribution is 8.00. The quantitative estimate of drug-likeness (QED) is 0.449. The fraction of sp³-hybridized carbons (Fsp3) is 0.235. The number of aromatic nitrogens is 1. The van der Waals surface area contributed by atoms with E-state index in [0.717, 1.165) is 6.07 Å². The van der Waals surface area contributed by atoms with E-state index in [1.54, 1.807) is 13.0 Å². The molecule has 0 radical (unpaired) electrons. The van der Waals surface area contributed by atoms with E-state index < -0.39 is 28.1 Å². The molecule has 28 heavy (non-hydrogen) atoms. The maximum atomic E-state index is 13.1. The Bertz CT molecular complexity index is 987. The van der Waals surface area contributed by atoms with E-state index in [9.17, 15) is 28.1 Å². The molecule has 2 rings (SSSR count). The molecule has 146 valence electrons. The van der Waals surface area contributed by atoms with Crippen molar-refractivity contribution >= 4 is 29.0 Å². The average Bonchev–Trinajstić information content (AvgIpc) is 2.60. The van der Waals surface area contributed by atoms with Gasteiger partial charge in [0.1, 0.15) is 16.8 Å². The Morgan fingerprint density at radius 1 is 1.36 bits per heavy atom. The van der Waals surface area contributed by atoms with Gasteiger partial charge in [-0.25, -0.2) is 4.98 Å². The number of nitro benzene ring substituents is 1. The summed E-state index contributed by atoms with van der Waals surface area (Å²) >= 11 is 0.645. The smallest absolute Gasteiger partial charge is 0.320 e. The Morgan fingerprint density at radius 2 is 2.04 bits per heavy atom. The van der Waals surface area contributed by atoms with E-state index in [2.05, 4.69) is 10.3 Å². The number of halogens is 3. The second kappa shape index (κ2) is 8.26. The number of rotatable bonds is 5. The minimum absolute atomic E-state index is 0.0325. The monoisotopic (exact) mass is 410 g/mol. The van der Waals surface area contributed by atoms with Crippen LogP contribution in [0, 0.1) is 35.3 Å². The largest absolute Gasteiger partial charge is 0.417 e. The topological polar surface area (TPSA) is 109 Å². The molecule has 0 saturated heterocycles. The number of aryl methyl sites for hydroxylation is 2. The van der Waals surface area contributed by atoms with E-state index in [-0.39, 0.29) is 27.8 Å². The first-order valence-electron chi connectivity index (χ1n) is 7.69. The fourth-order valence-corrected chi connectivity index (χ4v) is 3.15. The summed E-state index contributed by atoms with van der Waals surface area (Å²) in [6, 6.07) is 6.46. The Morgan fingerprint density at radius 3 is 2.61 bits per heavy atom. The maximum absolute atomic E-state index is 13.1. The van der Waals surface area contributed by atoms with Crippen LogP contribution >= 0.6 is 11.8 Å². The zero-order chi connectivity index (χ0) is 21.1. The number of benzene rings is 1. The summed E-state index contributed by atoms with van der Waals surface area (Å²) < 4.78 is 39.3. The van der Waals surface area contributed by atoms with Crippen LogP contribution in [-0.2, 0) is 11.0 Å². The van der Waals surface area contributed by atoms with Crippen molar-refractivity contribution in [3.05, 3.63) is 56.8 Å². The lowest BCUT2D eigenvalue weighted by Crippen LogP contribution is -2.16. The van der Waals surface area contributed by atoms with Gasteiger partial charge in [-0.2, -0.15) is 18.4 Å². The van der Waals surface area contributed by atoms with Crippen LogP contribution in [0.15, 0.2) is 29.3 Å². The Balaban J connectivity index is 2.22. The first-order chi connectivity index (χ1) is 13.0. The molecule has 0 spiro atoms. The maximum Gasteiger partial charge on any atom is 0.417 e. The van der Waals surface area contributed by atoms with Crippen molar-refractivity contribution < 1.29 is 22.9 Å². The molecule has 1 aromatic heterocycles. The number of nitrogens with one attached hydrogen (secondary N) is 1. The molecule has 0 fully saturated rings. The van der Waals surface area contributed by atoms with Gasteiger partial charge in [0.15, 0.2) is 0 Å². The van der Waals surface area contributed by atoms with Gasteiger partial charge < -0.3 is 5.32 Å². The predicted molar refractivity (Wildman–Crippen MR) is 95.9 cm³/mol. The standard InChI is InChI=1S/C17H13F3N4O3S/c1-9-3-4-13(14(5-9)24(26)27)23-15(25)8-28-16-11(7-21)12(17(18,19)20)6-10(2)22-16/h3-6H,8H2,1-2H3,(H,23,25). The van der Waals surface area contributed by atoms with Crippen LogP contribution in [0.1, 0.15) is 22.4 Å². The second-order valence-electron chi connectivity index (χ2n) is 5.72. The average molecular weight is 410 g/mol. The molecule has 11 heteroatoms. The van der Waals surface area contributed by atoms with Crippen molar-refractivity contribution in [3.63, 3.8) is 0 Å². The number of pyridine rings is 1. The molecule has 0 saturated carbocycles. The number of hydrogen-bond acceptors (Lipinski definition) is 6. The molecule has 0 atom stereocenters. The third-order valence-corrected chi connectivity index (χ3v) is 4.47. The number of nitriles is 1. The number of nitro groups is 1. The van der Waals surface area contributed by atoms with Crippen LogP contribution in [0.3, 0.4) is 0 Å². The van der Waals surface area contributed by atoms with E-state index >= 15 is 0 Å². The Hall–Kier alpha value is -3.13. The highest BCUT2D eigenvalue weighted by Gasteiger charge is 2.35. The first-order valence-corrected chi connectivity index (χ1v) is 8.68. The Kier molecular flexibility index (Phi) is 6.25. The van der Waals surface area contributed by atoms with E-state index in [0.29, 0.717) is 17.3 Å². The van der Waals surface area contributed by atoms with E-state index in [1.807, 2.05) is 0 Å². The molecule has 7 nitrogen and oxygen atoms in total. The van der Waals surface area contributed by atoms with Crippen molar-refractivity contribution in [2.45, 2.75) is 25.0 Å². The molecule has 1 amide bonds. The van der Waals surface area contributed by atoms with Crippen molar-refractivity contribution in [1.82, 2.24) is 4.98 Å². The summed E-state index contributed by atoms with van der Waals surface area (Å²) in [6.07, 6.45) is -4.74. The number of alkyl halides is 3. The summed E-state index contributed by atoms with van der Waals surface area (Å²) in [5, 5.41) is 22.3. The van der Waals surface area contributed by atoms with Gasteiger partial charge in [-0.3, -0.25) is 14.9 Å². The highest BCUT2D eigenvalue weighted by Crippen LogP contribution is 2.36.